The van der Waals surface area contributed by atoms with E-state index in [-0.39, 0.29) is 5.91 Å². The highest BCUT2D eigenvalue weighted by atomic mass is 32.2. The maximum atomic E-state index is 12.1. The zero-order valence-corrected chi connectivity index (χ0v) is 14.4. The van der Waals surface area contributed by atoms with Crippen molar-refractivity contribution >= 4 is 17.7 Å². The van der Waals surface area contributed by atoms with Crippen molar-refractivity contribution in [3.63, 3.8) is 0 Å². The van der Waals surface area contributed by atoms with Crippen LogP contribution in [0.4, 0.5) is 0 Å². The van der Waals surface area contributed by atoms with Crippen LogP contribution in [0.25, 0.3) is 11.5 Å². The first-order chi connectivity index (χ1) is 11.1. The van der Waals surface area contributed by atoms with Gasteiger partial charge in [0, 0.05) is 24.4 Å². The van der Waals surface area contributed by atoms with Crippen molar-refractivity contribution in [2.24, 2.45) is 0 Å². The first-order valence-corrected chi connectivity index (χ1v) is 8.75. The Morgan fingerprint density at radius 1 is 1.35 bits per heavy atom. The highest BCUT2D eigenvalue weighted by Crippen LogP contribution is 2.20. The third-order valence-corrected chi connectivity index (χ3v) is 4.19. The first kappa shape index (κ1) is 17.3. The van der Waals surface area contributed by atoms with Gasteiger partial charge in [0.1, 0.15) is 6.26 Å². The normalized spacial score (nSPS) is 10.5. The Labute approximate surface area is 141 Å². The molecule has 0 radical (unpaired) electrons. The number of oxazole rings is 1. The molecule has 0 aliphatic rings. The lowest BCUT2D eigenvalue weighted by molar-refractivity contribution is -0.127. The molecule has 0 aliphatic heterocycles. The van der Waals surface area contributed by atoms with Crippen LogP contribution in [-0.2, 0) is 10.5 Å². The van der Waals surface area contributed by atoms with Crippen LogP contribution in [-0.4, -0.2) is 34.6 Å². The van der Waals surface area contributed by atoms with Gasteiger partial charge in [0.15, 0.2) is 0 Å². The van der Waals surface area contributed by atoms with Crippen LogP contribution in [0.5, 0.6) is 0 Å². The summed E-state index contributed by atoms with van der Waals surface area (Å²) in [6, 6.07) is 9.78. The molecule has 1 heterocycles. The molecule has 2 aromatic rings. The van der Waals surface area contributed by atoms with Gasteiger partial charge in [0.05, 0.1) is 11.4 Å². The highest BCUT2D eigenvalue weighted by molar-refractivity contribution is 7.99. The Morgan fingerprint density at radius 3 is 2.74 bits per heavy atom. The van der Waals surface area contributed by atoms with Crippen molar-refractivity contribution in [3.05, 3.63) is 54.4 Å². The van der Waals surface area contributed by atoms with Crippen LogP contribution in [0.3, 0.4) is 0 Å². The number of benzene rings is 1. The number of thioether (sulfide) groups is 1. The van der Waals surface area contributed by atoms with E-state index in [1.807, 2.05) is 49.1 Å². The summed E-state index contributed by atoms with van der Waals surface area (Å²) in [6.07, 6.45) is 1.66. The van der Waals surface area contributed by atoms with Crippen LogP contribution < -0.4 is 0 Å². The minimum atomic E-state index is 0.132. The molecule has 2 rings (SSSR count). The molecule has 23 heavy (non-hydrogen) atoms. The molecule has 0 aliphatic carbocycles. The van der Waals surface area contributed by atoms with E-state index in [2.05, 4.69) is 11.6 Å². The Bertz CT molecular complexity index is 652. The van der Waals surface area contributed by atoms with Gasteiger partial charge in [-0.05, 0) is 26.0 Å². The standard InChI is InChI=1S/C18H22N2O2S/c1-4-20(10-14(2)3)17(21)13-23-12-16-11-22-18(19-16)15-8-6-5-7-9-15/h5-9,11H,2,4,10,12-13H2,1,3H3. The second-order valence-corrected chi connectivity index (χ2v) is 6.35. The van der Waals surface area contributed by atoms with E-state index >= 15 is 0 Å². The molecule has 0 spiro atoms. The fourth-order valence-electron chi connectivity index (χ4n) is 2.12. The van der Waals surface area contributed by atoms with Gasteiger partial charge >= 0.3 is 0 Å². The average molecular weight is 330 g/mol. The lowest BCUT2D eigenvalue weighted by atomic mass is 10.2. The highest BCUT2D eigenvalue weighted by Gasteiger charge is 2.12. The van der Waals surface area contributed by atoms with Crippen LogP contribution in [0.15, 0.2) is 53.2 Å². The van der Waals surface area contributed by atoms with Crippen molar-refractivity contribution in [2.75, 3.05) is 18.8 Å². The van der Waals surface area contributed by atoms with Crippen molar-refractivity contribution in [3.8, 4) is 11.5 Å². The molecule has 5 heteroatoms. The molecule has 122 valence electrons. The summed E-state index contributed by atoms with van der Waals surface area (Å²) < 4.78 is 5.50. The molecule has 4 nitrogen and oxygen atoms in total. The Hall–Kier alpha value is -2.01. The van der Waals surface area contributed by atoms with Crippen LogP contribution in [0, 0.1) is 0 Å². The fourth-order valence-corrected chi connectivity index (χ4v) is 2.92. The summed E-state index contributed by atoms with van der Waals surface area (Å²) in [5.41, 5.74) is 2.80. The average Bonchev–Trinajstić information content (AvgIpc) is 3.02. The van der Waals surface area contributed by atoms with E-state index in [1.54, 1.807) is 18.0 Å². The summed E-state index contributed by atoms with van der Waals surface area (Å²) in [7, 11) is 0. The Kier molecular flexibility index (Phi) is 6.47. The second kappa shape index (κ2) is 8.58. The molecule has 0 saturated heterocycles. The van der Waals surface area contributed by atoms with Crippen LogP contribution in [0.1, 0.15) is 19.5 Å². The number of amides is 1. The minimum absolute atomic E-state index is 0.132. The van der Waals surface area contributed by atoms with Gasteiger partial charge in [0.2, 0.25) is 11.8 Å². The Balaban J connectivity index is 1.84. The number of likely N-dealkylation sites (N-methyl/N-ethyl adjacent to an activating group) is 1. The summed E-state index contributed by atoms with van der Waals surface area (Å²) in [4.78, 5) is 18.4. The lowest BCUT2D eigenvalue weighted by Gasteiger charge is -2.20. The molecule has 0 N–H and O–H groups in total. The van der Waals surface area contributed by atoms with E-state index in [4.69, 9.17) is 4.42 Å². The quantitative estimate of drug-likeness (QED) is 0.686. The number of carbonyl (C=O) groups is 1. The van der Waals surface area contributed by atoms with E-state index in [9.17, 15) is 4.79 Å². The van der Waals surface area contributed by atoms with E-state index in [0.717, 1.165) is 16.8 Å². The molecule has 0 saturated carbocycles. The maximum absolute atomic E-state index is 12.1. The summed E-state index contributed by atoms with van der Waals surface area (Å²) >= 11 is 1.55. The molecular weight excluding hydrogens is 308 g/mol. The lowest BCUT2D eigenvalue weighted by Crippen LogP contribution is -2.33. The zero-order valence-electron chi connectivity index (χ0n) is 13.6. The SMILES string of the molecule is C=C(C)CN(CC)C(=O)CSCc1coc(-c2ccccc2)n1. The number of aromatic nitrogens is 1. The number of rotatable bonds is 8. The van der Waals surface area contributed by atoms with Gasteiger partial charge in [-0.3, -0.25) is 4.79 Å². The number of nitrogens with zero attached hydrogens (tertiary/aromatic N) is 2. The predicted molar refractivity (Wildman–Crippen MR) is 95.2 cm³/mol. The summed E-state index contributed by atoms with van der Waals surface area (Å²) in [5.74, 6) is 1.85. The van der Waals surface area contributed by atoms with E-state index in [1.165, 1.54) is 0 Å². The van der Waals surface area contributed by atoms with Crippen LogP contribution in [0.2, 0.25) is 0 Å². The predicted octanol–water partition coefficient (Wildman–Crippen LogP) is 4.00. The zero-order chi connectivity index (χ0) is 16.7. The molecule has 0 atom stereocenters. The molecule has 1 aromatic carbocycles. The van der Waals surface area contributed by atoms with Crippen molar-refractivity contribution in [1.29, 1.82) is 0 Å². The van der Waals surface area contributed by atoms with Gasteiger partial charge < -0.3 is 9.32 Å². The van der Waals surface area contributed by atoms with Gasteiger partial charge in [-0.25, -0.2) is 4.98 Å². The topological polar surface area (TPSA) is 46.3 Å². The van der Waals surface area contributed by atoms with Crippen molar-refractivity contribution in [2.45, 2.75) is 19.6 Å². The van der Waals surface area contributed by atoms with Crippen molar-refractivity contribution < 1.29 is 9.21 Å². The molecule has 0 fully saturated rings. The molecular formula is C18H22N2O2S. The van der Waals surface area contributed by atoms with Gasteiger partial charge in [-0.2, -0.15) is 0 Å². The first-order valence-electron chi connectivity index (χ1n) is 7.60. The molecule has 1 amide bonds. The largest absolute Gasteiger partial charge is 0.444 e. The van der Waals surface area contributed by atoms with Gasteiger partial charge in [-0.1, -0.05) is 30.4 Å². The summed E-state index contributed by atoms with van der Waals surface area (Å²) in [5, 5.41) is 0. The number of hydrogen-bond donors (Lipinski definition) is 0. The fraction of sp³-hybridized carbons (Fsp3) is 0.333. The molecule has 0 bridgehead atoms. The third kappa shape index (κ3) is 5.28. The smallest absolute Gasteiger partial charge is 0.232 e. The maximum Gasteiger partial charge on any atom is 0.232 e. The Morgan fingerprint density at radius 2 is 2.09 bits per heavy atom. The molecule has 1 aromatic heterocycles. The number of hydrogen-bond acceptors (Lipinski definition) is 4. The number of carbonyl (C=O) groups excluding carboxylic acids is 1. The second-order valence-electron chi connectivity index (χ2n) is 5.37. The van der Waals surface area contributed by atoms with Crippen LogP contribution >= 0.6 is 11.8 Å². The summed E-state index contributed by atoms with van der Waals surface area (Å²) in [6.45, 7) is 9.10. The van der Waals surface area contributed by atoms with Gasteiger partial charge in [-0.15, -0.1) is 11.8 Å². The monoisotopic (exact) mass is 330 g/mol. The molecule has 0 unspecified atom stereocenters. The van der Waals surface area contributed by atoms with E-state index in [0.29, 0.717) is 30.5 Å². The minimum Gasteiger partial charge on any atom is -0.444 e. The van der Waals surface area contributed by atoms with Crippen molar-refractivity contribution in [1.82, 2.24) is 9.88 Å². The van der Waals surface area contributed by atoms with Gasteiger partial charge in [0.25, 0.3) is 0 Å². The third-order valence-electron chi connectivity index (χ3n) is 3.24. The van der Waals surface area contributed by atoms with E-state index < -0.39 is 0 Å².